The van der Waals surface area contributed by atoms with Crippen molar-refractivity contribution in [3.05, 3.63) is 66.8 Å². The van der Waals surface area contributed by atoms with Gasteiger partial charge in [0.15, 0.2) is 0 Å². The van der Waals surface area contributed by atoms with E-state index in [4.69, 9.17) is 0 Å². The van der Waals surface area contributed by atoms with Crippen LogP contribution in [0.5, 0.6) is 0 Å². The zero-order valence-corrected chi connectivity index (χ0v) is 12.2. The van der Waals surface area contributed by atoms with Gasteiger partial charge in [0.05, 0.1) is 12.4 Å². The number of carbonyl (C=O) groups is 2. The predicted molar refractivity (Wildman–Crippen MR) is 84.2 cm³/mol. The van der Waals surface area contributed by atoms with E-state index in [1.807, 2.05) is 0 Å². The van der Waals surface area contributed by atoms with Crippen molar-refractivity contribution in [3.8, 4) is 0 Å². The third kappa shape index (κ3) is 3.71. The van der Waals surface area contributed by atoms with Crippen LogP contribution in [-0.4, -0.2) is 36.7 Å². The molecule has 9 nitrogen and oxygen atoms in total. The van der Waals surface area contributed by atoms with Gasteiger partial charge in [-0.05, 0) is 12.1 Å². The Morgan fingerprint density at radius 1 is 0.750 bits per heavy atom. The van der Waals surface area contributed by atoms with Gasteiger partial charge in [-0.2, -0.15) is 0 Å². The average Bonchev–Trinajstić information content (AvgIpc) is 2.63. The third-order valence-corrected chi connectivity index (χ3v) is 2.82. The maximum Gasteiger partial charge on any atom is 0.277 e. The average molecular weight is 321 g/mol. The first-order valence-corrected chi connectivity index (χ1v) is 6.84. The first-order valence-electron chi connectivity index (χ1n) is 6.84. The molecule has 9 heteroatoms. The van der Waals surface area contributed by atoms with Gasteiger partial charge in [0, 0.05) is 24.8 Å². The molecule has 0 aromatic carbocycles. The van der Waals surface area contributed by atoms with Crippen molar-refractivity contribution < 1.29 is 9.59 Å². The van der Waals surface area contributed by atoms with Gasteiger partial charge >= 0.3 is 0 Å². The number of hydrogen-bond donors (Lipinski definition) is 2. The number of hydrogen-bond acceptors (Lipinski definition) is 7. The van der Waals surface area contributed by atoms with Crippen LogP contribution in [0.4, 0.5) is 11.6 Å². The summed E-state index contributed by atoms with van der Waals surface area (Å²) < 4.78 is 0. The van der Waals surface area contributed by atoms with Crippen molar-refractivity contribution in [1.29, 1.82) is 0 Å². The summed E-state index contributed by atoms with van der Waals surface area (Å²) in [5.74, 6) is -0.369. The molecule has 2 amide bonds. The van der Waals surface area contributed by atoms with E-state index in [1.165, 1.54) is 37.2 Å². The van der Waals surface area contributed by atoms with Crippen LogP contribution in [-0.2, 0) is 0 Å². The summed E-state index contributed by atoms with van der Waals surface area (Å²) in [6.07, 6.45) is 8.46. The summed E-state index contributed by atoms with van der Waals surface area (Å²) in [7, 11) is 0. The molecule has 0 unspecified atom stereocenters. The van der Waals surface area contributed by atoms with E-state index in [0.717, 1.165) is 0 Å². The Labute approximate surface area is 136 Å². The lowest BCUT2D eigenvalue weighted by atomic mass is 10.3. The number of pyridine rings is 1. The van der Waals surface area contributed by atoms with Gasteiger partial charge in [-0.3, -0.25) is 19.6 Å². The minimum atomic E-state index is -0.451. The first-order chi connectivity index (χ1) is 11.7. The normalized spacial score (nSPS) is 10.0. The lowest BCUT2D eigenvalue weighted by Crippen LogP contribution is -2.17. The molecule has 118 valence electrons. The van der Waals surface area contributed by atoms with Gasteiger partial charge in [-0.25, -0.2) is 15.0 Å². The van der Waals surface area contributed by atoms with Crippen molar-refractivity contribution in [2.24, 2.45) is 0 Å². The number of amides is 2. The fourth-order valence-corrected chi connectivity index (χ4v) is 1.77. The number of nitrogens with zero attached hydrogens (tertiary/aromatic N) is 5. The molecule has 3 aromatic heterocycles. The summed E-state index contributed by atoms with van der Waals surface area (Å²) in [5.41, 5.74) is 0.321. The summed E-state index contributed by atoms with van der Waals surface area (Å²) in [6.45, 7) is 0. The maximum absolute atomic E-state index is 12.0. The van der Waals surface area contributed by atoms with E-state index < -0.39 is 11.8 Å². The quantitative estimate of drug-likeness (QED) is 0.739. The highest BCUT2D eigenvalue weighted by Gasteiger charge is 2.11. The van der Waals surface area contributed by atoms with Gasteiger partial charge in [-0.15, -0.1) is 0 Å². The zero-order chi connectivity index (χ0) is 16.8. The van der Waals surface area contributed by atoms with Crippen LogP contribution in [0.15, 0.2) is 55.4 Å². The first kappa shape index (κ1) is 15.2. The largest absolute Gasteiger partial charge is 0.305 e. The van der Waals surface area contributed by atoms with Gasteiger partial charge < -0.3 is 10.6 Å². The Morgan fingerprint density at radius 2 is 1.25 bits per heavy atom. The fourth-order valence-electron chi connectivity index (χ4n) is 1.77. The van der Waals surface area contributed by atoms with Gasteiger partial charge in [0.2, 0.25) is 0 Å². The smallest absolute Gasteiger partial charge is 0.277 e. The van der Waals surface area contributed by atoms with Crippen LogP contribution in [0.3, 0.4) is 0 Å². The second-order valence-electron chi connectivity index (χ2n) is 4.50. The minimum Gasteiger partial charge on any atom is -0.305 e. The van der Waals surface area contributed by atoms with Gasteiger partial charge in [0.1, 0.15) is 23.0 Å². The maximum atomic E-state index is 12.0. The number of anilines is 2. The highest BCUT2D eigenvalue weighted by molar-refractivity contribution is 6.03. The molecule has 2 N–H and O–H groups in total. The van der Waals surface area contributed by atoms with Crippen LogP contribution in [0.25, 0.3) is 0 Å². The standard InChI is InChI=1S/C15H11N7O2/c23-14(10-8-16-4-6-18-10)21-12-2-1-3-13(20-12)22-15(24)11-9-17-5-7-19-11/h1-9H,(H2,20,21,22,23,24). The predicted octanol–water partition coefficient (Wildman–Crippen LogP) is 1.17. The van der Waals surface area contributed by atoms with Crippen molar-refractivity contribution >= 4 is 23.5 Å². The number of rotatable bonds is 4. The molecule has 0 fully saturated rings. The monoisotopic (exact) mass is 321 g/mol. The molecule has 0 spiro atoms. The number of aromatic nitrogens is 5. The van der Waals surface area contributed by atoms with Gasteiger partial charge in [0.25, 0.3) is 11.8 Å². The molecule has 0 aliphatic heterocycles. The Bertz CT molecular complexity index is 787. The Morgan fingerprint density at radius 3 is 1.67 bits per heavy atom. The van der Waals surface area contributed by atoms with E-state index in [1.54, 1.807) is 18.2 Å². The van der Waals surface area contributed by atoms with Crippen molar-refractivity contribution in [2.45, 2.75) is 0 Å². The lowest BCUT2D eigenvalue weighted by molar-refractivity contribution is 0.101. The summed E-state index contributed by atoms with van der Waals surface area (Å²) in [5, 5.41) is 5.16. The number of carbonyl (C=O) groups excluding carboxylic acids is 2. The van der Waals surface area contributed by atoms with E-state index in [0.29, 0.717) is 0 Å². The molecule has 0 aliphatic rings. The minimum absolute atomic E-state index is 0.160. The summed E-state index contributed by atoms with van der Waals surface area (Å²) in [4.78, 5) is 43.6. The van der Waals surface area contributed by atoms with Crippen LogP contribution in [0.2, 0.25) is 0 Å². The SMILES string of the molecule is O=C(Nc1cccc(NC(=O)c2cnccn2)n1)c1cnccn1. The Balaban J connectivity index is 1.70. The molecular weight excluding hydrogens is 310 g/mol. The van der Waals surface area contributed by atoms with E-state index in [2.05, 4.69) is 35.6 Å². The zero-order valence-electron chi connectivity index (χ0n) is 12.2. The second-order valence-corrected chi connectivity index (χ2v) is 4.50. The molecule has 3 heterocycles. The molecular formula is C15H11N7O2. The molecule has 0 radical (unpaired) electrons. The van der Waals surface area contributed by atoms with Crippen LogP contribution >= 0.6 is 0 Å². The molecule has 24 heavy (non-hydrogen) atoms. The Kier molecular flexibility index (Phi) is 4.43. The van der Waals surface area contributed by atoms with Crippen LogP contribution in [0, 0.1) is 0 Å². The van der Waals surface area contributed by atoms with Crippen LogP contribution in [0.1, 0.15) is 21.0 Å². The number of nitrogens with one attached hydrogen (secondary N) is 2. The highest BCUT2D eigenvalue weighted by atomic mass is 16.2. The van der Waals surface area contributed by atoms with Crippen LogP contribution < -0.4 is 10.6 Å². The Hall–Kier alpha value is -3.75. The van der Waals surface area contributed by atoms with Gasteiger partial charge in [-0.1, -0.05) is 6.07 Å². The molecule has 0 aliphatic carbocycles. The fraction of sp³-hybridized carbons (Fsp3) is 0. The molecule has 0 saturated heterocycles. The topological polar surface area (TPSA) is 123 Å². The summed E-state index contributed by atoms with van der Waals surface area (Å²) >= 11 is 0. The van der Waals surface area contributed by atoms with Crippen molar-refractivity contribution in [2.75, 3.05) is 10.6 Å². The highest BCUT2D eigenvalue weighted by Crippen LogP contribution is 2.11. The molecule has 0 bridgehead atoms. The molecule has 0 atom stereocenters. The van der Waals surface area contributed by atoms with E-state index in [9.17, 15) is 9.59 Å². The van der Waals surface area contributed by atoms with Crippen molar-refractivity contribution in [1.82, 2.24) is 24.9 Å². The molecule has 0 saturated carbocycles. The molecule has 3 aromatic rings. The lowest BCUT2D eigenvalue weighted by Gasteiger charge is -2.07. The second kappa shape index (κ2) is 7.01. The van der Waals surface area contributed by atoms with Crippen molar-refractivity contribution in [3.63, 3.8) is 0 Å². The van der Waals surface area contributed by atoms with E-state index in [-0.39, 0.29) is 23.0 Å². The third-order valence-electron chi connectivity index (χ3n) is 2.82. The van der Waals surface area contributed by atoms with E-state index >= 15 is 0 Å². The summed E-state index contributed by atoms with van der Waals surface area (Å²) in [6, 6.07) is 4.82. The molecule has 3 rings (SSSR count).